The maximum absolute atomic E-state index is 13.2. The highest BCUT2D eigenvalue weighted by Crippen LogP contribution is 2.29. The van der Waals surface area contributed by atoms with Crippen LogP contribution in [-0.4, -0.2) is 0 Å². The molecule has 3 N–H and O–H groups in total. The highest BCUT2D eigenvalue weighted by Gasteiger charge is 2.08. The molecule has 0 saturated carbocycles. The SMILES string of the molecule is N#Cc1ccccc1Nc1cc(Cl)c(F)cc1N. The monoisotopic (exact) mass is 261 g/mol. The molecule has 0 fully saturated rings. The first kappa shape index (κ1) is 12.2. The van der Waals surface area contributed by atoms with Crippen LogP contribution in [0.2, 0.25) is 5.02 Å². The van der Waals surface area contributed by atoms with Crippen molar-refractivity contribution < 1.29 is 4.39 Å². The summed E-state index contributed by atoms with van der Waals surface area (Å²) < 4.78 is 13.2. The summed E-state index contributed by atoms with van der Waals surface area (Å²) in [5.41, 5.74) is 7.44. The van der Waals surface area contributed by atoms with Crippen molar-refractivity contribution in [3.8, 4) is 6.07 Å². The molecule has 0 atom stereocenters. The Labute approximate surface area is 109 Å². The van der Waals surface area contributed by atoms with Crippen LogP contribution in [0, 0.1) is 17.1 Å². The summed E-state index contributed by atoms with van der Waals surface area (Å²) in [5.74, 6) is -0.576. The first-order chi connectivity index (χ1) is 8.61. The average Bonchev–Trinajstić information content (AvgIpc) is 2.36. The van der Waals surface area contributed by atoms with Gasteiger partial charge in [-0.3, -0.25) is 0 Å². The van der Waals surface area contributed by atoms with E-state index in [2.05, 4.69) is 11.4 Å². The number of nitrogen functional groups attached to an aromatic ring is 1. The summed E-state index contributed by atoms with van der Waals surface area (Å²) in [7, 11) is 0. The van der Waals surface area contributed by atoms with Crippen LogP contribution in [-0.2, 0) is 0 Å². The van der Waals surface area contributed by atoms with E-state index in [-0.39, 0.29) is 10.7 Å². The molecule has 2 aromatic rings. The smallest absolute Gasteiger partial charge is 0.143 e. The lowest BCUT2D eigenvalue weighted by atomic mass is 10.2. The quantitative estimate of drug-likeness (QED) is 0.811. The Morgan fingerprint density at radius 1 is 1.22 bits per heavy atom. The standard InChI is InChI=1S/C13H9ClFN3/c14-9-5-13(11(17)6-10(9)15)18-12-4-2-1-3-8(12)7-16/h1-6,18H,17H2. The van der Waals surface area contributed by atoms with Crippen LogP contribution < -0.4 is 11.1 Å². The van der Waals surface area contributed by atoms with Crippen LogP contribution in [0.1, 0.15) is 5.56 Å². The van der Waals surface area contributed by atoms with Crippen molar-refractivity contribution in [2.45, 2.75) is 0 Å². The maximum Gasteiger partial charge on any atom is 0.143 e. The van der Waals surface area contributed by atoms with E-state index in [9.17, 15) is 4.39 Å². The molecule has 5 heteroatoms. The second-order valence-electron chi connectivity index (χ2n) is 3.64. The van der Waals surface area contributed by atoms with Gasteiger partial charge >= 0.3 is 0 Å². The molecule has 2 rings (SSSR count). The van der Waals surface area contributed by atoms with Crippen molar-refractivity contribution in [3.05, 3.63) is 52.8 Å². The molecule has 0 bridgehead atoms. The first-order valence-electron chi connectivity index (χ1n) is 5.12. The van der Waals surface area contributed by atoms with Crippen LogP contribution >= 0.6 is 11.6 Å². The first-order valence-corrected chi connectivity index (χ1v) is 5.50. The number of hydrogen-bond donors (Lipinski definition) is 2. The number of rotatable bonds is 2. The van der Waals surface area contributed by atoms with Crippen molar-refractivity contribution in [2.75, 3.05) is 11.1 Å². The van der Waals surface area contributed by atoms with E-state index in [1.54, 1.807) is 24.3 Å². The van der Waals surface area contributed by atoms with Crippen LogP contribution in [0.3, 0.4) is 0 Å². The number of nitrogens with zero attached hydrogens (tertiary/aromatic N) is 1. The molecular weight excluding hydrogens is 253 g/mol. The second-order valence-corrected chi connectivity index (χ2v) is 4.04. The van der Waals surface area contributed by atoms with E-state index < -0.39 is 5.82 Å². The third kappa shape index (κ3) is 2.36. The van der Waals surface area contributed by atoms with Crippen molar-refractivity contribution in [1.82, 2.24) is 0 Å². The lowest BCUT2D eigenvalue weighted by Gasteiger charge is -2.11. The summed E-state index contributed by atoms with van der Waals surface area (Å²) in [5, 5.41) is 11.9. The minimum Gasteiger partial charge on any atom is -0.397 e. The molecule has 3 nitrogen and oxygen atoms in total. The van der Waals surface area contributed by atoms with E-state index in [0.29, 0.717) is 16.9 Å². The number of halogens is 2. The van der Waals surface area contributed by atoms with Gasteiger partial charge in [0.1, 0.15) is 11.9 Å². The van der Waals surface area contributed by atoms with Crippen molar-refractivity contribution >= 4 is 28.7 Å². The Kier molecular flexibility index (Phi) is 3.35. The van der Waals surface area contributed by atoms with Crippen LogP contribution in [0.5, 0.6) is 0 Å². The molecule has 0 aromatic heterocycles. The number of nitriles is 1. The van der Waals surface area contributed by atoms with Gasteiger partial charge in [-0.05, 0) is 18.2 Å². The van der Waals surface area contributed by atoms with Gasteiger partial charge in [-0.2, -0.15) is 5.26 Å². The van der Waals surface area contributed by atoms with E-state index in [1.807, 2.05) is 0 Å². The minimum absolute atomic E-state index is 0.0267. The van der Waals surface area contributed by atoms with Crippen molar-refractivity contribution in [2.24, 2.45) is 0 Å². The van der Waals surface area contributed by atoms with Gasteiger partial charge in [0.2, 0.25) is 0 Å². The number of para-hydroxylation sites is 1. The topological polar surface area (TPSA) is 61.8 Å². The lowest BCUT2D eigenvalue weighted by molar-refractivity contribution is 0.629. The zero-order valence-electron chi connectivity index (χ0n) is 9.24. The third-order valence-electron chi connectivity index (χ3n) is 2.41. The predicted octanol–water partition coefficient (Wildman–Crippen LogP) is 3.68. The zero-order chi connectivity index (χ0) is 13.1. The molecule has 0 saturated heterocycles. The minimum atomic E-state index is -0.576. The second kappa shape index (κ2) is 4.94. The molecule has 0 unspecified atom stereocenters. The molecule has 18 heavy (non-hydrogen) atoms. The van der Waals surface area contributed by atoms with Gasteiger partial charge in [0.05, 0.1) is 27.6 Å². The summed E-state index contributed by atoms with van der Waals surface area (Å²) in [6.45, 7) is 0. The van der Waals surface area contributed by atoms with Gasteiger partial charge in [-0.25, -0.2) is 4.39 Å². The number of nitrogens with one attached hydrogen (secondary N) is 1. The summed E-state index contributed by atoms with van der Waals surface area (Å²) >= 11 is 5.69. The van der Waals surface area contributed by atoms with Gasteiger partial charge in [0.25, 0.3) is 0 Å². The largest absolute Gasteiger partial charge is 0.397 e. The fraction of sp³-hybridized carbons (Fsp3) is 0. The molecule has 0 heterocycles. The van der Waals surface area contributed by atoms with E-state index in [1.165, 1.54) is 6.07 Å². The predicted molar refractivity (Wildman–Crippen MR) is 70.3 cm³/mol. The number of hydrogen-bond acceptors (Lipinski definition) is 3. The normalized spacial score (nSPS) is 9.83. The Hall–Kier alpha value is -2.25. The molecule has 0 spiro atoms. The lowest BCUT2D eigenvalue weighted by Crippen LogP contribution is -1.99. The molecule has 0 aliphatic carbocycles. The van der Waals surface area contributed by atoms with Crippen LogP contribution in [0.4, 0.5) is 21.5 Å². The number of anilines is 3. The maximum atomic E-state index is 13.2. The van der Waals surface area contributed by atoms with Gasteiger partial charge in [0, 0.05) is 6.07 Å². The Balaban J connectivity index is 2.41. The van der Waals surface area contributed by atoms with Crippen molar-refractivity contribution in [1.29, 1.82) is 5.26 Å². The van der Waals surface area contributed by atoms with Crippen molar-refractivity contribution in [3.63, 3.8) is 0 Å². The Morgan fingerprint density at radius 3 is 2.67 bits per heavy atom. The van der Waals surface area contributed by atoms with Gasteiger partial charge in [-0.1, -0.05) is 23.7 Å². The molecule has 2 aromatic carbocycles. The molecule has 0 aliphatic heterocycles. The fourth-order valence-corrected chi connectivity index (χ4v) is 1.67. The van der Waals surface area contributed by atoms with E-state index in [0.717, 1.165) is 6.07 Å². The Bertz CT molecular complexity index is 635. The average molecular weight is 262 g/mol. The third-order valence-corrected chi connectivity index (χ3v) is 2.70. The van der Waals surface area contributed by atoms with Gasteiger partial charge < -0.3 is 11.1 Å². The Morgan fingerprint density at radius 2 is 1.94 bits per heavy atom. The van der Waals surface area contributed by atoms with Crippen LogP contribution in [0.15, 0.2) is 36.4 Å². The molecule has 0 aliphatic rings. The van der Waals surface area contributed by atoms with E-state index in [4.69, 9.17) is 22.6 Å². The van der Waals surface area contributed by atoms with E-state index >= 15 is 0 Å². The molecular formula is C13H9ClFN3. The summed E-state index contributed by atoms with van der Waals surface area (Å²) in [6, 6.07) is 11.5. The molecule has 90 valence electrons. The fourth-order valence-electron chi connectivity index (χ4n) is 1.51. The summed E-state index contributed by atoms with van der Waals surface area (Å²) in [4.78, 5) is 0. The number of nitrogens with two attached hydrogens (primary N) is 1. The molecule has 0 radical (unpaired) electrons. The molecule has 0 amide bonds. The van der Waals surface area contributed by atoms with Crippen LogP contribution in [0.25, 0.3) is 0 Å². The van der Waals surface area contributed by atoms with Gasteiger partial charge in [-0.15, -0.1) is 0 Å². The zero-order valence-corrected chi connectivity index (χ0v) is 10.0. The number of benzene rings is 2. The summed E-state index contributed by atoms with van der Waals surface area (Å²) in [6.07, 6.45) is 0. The highest BCUT2D eigenvalue weighted by molar-refractivity contribution is 6.31. The highest BCUT2D eigenvalue weighted by atomic mass is 35.5. The van der Waals surface area contributed by atoms with Gasteiger partial charge in [0.15, 0.2) is 0 Å².